The second-order valence-corrected chi connectivity index (χ2v) is 11.0. The molecule has 3 heterocycles. The highest BCUT2D eigenvalue weighted by Crippen LogP contribution is 2.32. The van der Waals surface area contributed by atoms with Gasteiger partial charge in [-0.3, -0.25) is 14.4 Å². The number of amides is 3. The van der Waals surface area contributed by atoms with Gasteiger partial charge in [-0.2, -0.15) is 0 Å². The van der Waals surface area contributed by atoms with E-state index in [9.17, 15) is 14.4 Å². The number of carbonyl (C=O) groups is 3. The first-order valence-electron chi connectivity index (χ1n) is 14.5. The van der Waals surface area contributed by atoms with Crippen molar-refractivity contribution < 1.29 is 14.4 Å². The van der Waals surface area contributed by atoms with Crippen LogP contribution in [0, 0.1) is 0 Å². The summed E-state index contributed by atoms with van der Waals surface area (Å²) in [6.07, 6.45) is 6.44. The topological polar surface area (TPSA) is 121 Å². The average molecular weight is 558 g/mol. The summed E-state index contributed by atoms with van der Waals surface area (Å²) < 4.78 is 1.76. The first kappa shape index (κ1) is 28.5. The smallest absolute Gasteiger partial charge is 0.246 e. The molecule has 2 saturated heterocycles. The molecule has 2 aliphatic heterocycles. The number of nitrogens with one attached hydrogen (secondary N) is 3. The number of carbonyl (C=O) groups excluding carboxylic acids is 3. The highest BCUT2D eigenvalue weighted by molar-refractivity contribution is 5.94. The summed E-state index contributed by atoms with van der Waals surface area (Å²) in [4.78, 5) is 42.1. The van der Waals surface area contributed by atoms with Crippen LogP contribution in [-0.4, -0.2) is 68.8 Å². The van der Waals surface area contributed by atoms with Crippen LogP contribution >= 0.6 is 0 Å². The van der Waals surface area contributed by atoms with Crippen LogP contribution in [0.25, 0.3) is 0 Å². The van der Waals surface area contributed by atoms with Crippen molar-refractivity contribution >= 4 is 17.7 Å². The molecule has 41 heavy (non-hydrogen) atoms. The quantitative estimate of drug-likeness (QED) is 0.372. The Kier molecular flexibility index (Phi) is 9.08. The zero-order valence-corrected chi connectivity index (χ0v) is 23.7. The lowest BCUT2D eigenvalue weighted by atomic mass is 9.98. The number of aromatic nitrogens is 3. The molecule has 10 nitrogen and oxygen atoms in total. The van der Waals surface area contributed by atoms with Crippen molar-refractivity contribution in [3.05, 3.63) is 83.7 Å². The second kappa shape index (κ2) is 13.1. The highest BCUT2D eigenvalue weighted by Gasteiger charge is 2.44. The minimum absolute atomic E-state index is 0.0124. The summed E-state index contributed by atoms with van der Waals surface area (Å²) in [5, 5.41) is 17.8. The summed E-state index contributed by atoms with van der Waals surface area (Å²) in [7, 11) is 1.71. The van der Waals surface area contributed by atoms with Gasteiger partial charge in [-0.25, -0.2) is 4.68 Å². The van der Waals surface area contributed by atoms with Crippen LogP contribution in [0.3, 0.4) is 0 Å². The van der Waals surface area contributed by atoms with E-state index >= 15 is 0 Å². The molecule has 0 aliphatic carbocycles. The number of likely N-dealkylation sites (N-methyl/N-ethyl adjacent to an activating group) is 1. The molecule has 0 bridgehead atoms. The molecule has 2 fully saturated rings. The molecule has 216 valence electrons. The van der Waals surface area contributed by atoms with Crippen molar-refractivity contribution in [3.63, 3.8) is 0 Å². The molecule has 0 radical (unpaired) electrons. The summed E-state index contributed by atoms with van der Waals surface area (Å²) in [6.45, 7) is 2.33. The fourth-order valence-corrected chi connectivity index (χ4v) is 5.86. The van der Waals surface area contributed by atoms with E-state index in [-0.39, 0.29) is 23.8 Å². The molecule has 1 aromatic heterocycles. The fraction of sp³-hybridized carbons (Fsp3) is 0.452. The molecule has 3 N–H and O–H groups in total. The summed E-state index contributed by atoms with van der Waals surface area (Å²) in [6, 6.07) is 17.5. The molecule has 3 aromatic rings. The van der Waals surface area contributed by atoms with Crippen molar-refractivity contribution in [2.75, 3.05) is 7.05 Å². The van der Waals surface area contributed by atoms with E-state index < -0.39 is 24.2 Å². The lowest BCUT2D eigenvalue weighted by Crippen LogP contribution is -2.58. The van der Waals surface area contributed by atoms with Crippen LogP contribution in [-0.2, 0) is 20.9 Å². The van der Waals surface area contributed by atoms with Gasteiger partial charge in [0, 0.05) is 6.04 Å². The zero-order chi connectivity index (χ0) is 28.8. The summed E-state index contributed by atoms with van der Waals surface area (Å²) in [5.41, 5.74) is 2.61. The van der Waals surface area contributed by atoms with Gasteiger partial charge in [-0.15, -0.1) is 5.10 Å². The van der Waals surface area contributed by atoms with Gasteiger partial charge in [0.05, 0.1) is 24.8 Å². The zero-order valence-electron chi connectivity index (χ0n) is 23.7. The van der Waals surface area contributed by atoms with E-state index in [1.807, 2.05) is 66.9 Å². The SMILES string of the molecule is CN[C@@H](C)C(=O)N[C@H]1CCCC[C@H]2CC[C@@H](C(=O)N[C@@H](c3ccccc3)c3cn(Cc4ccccc4)nn3)N2C1=O. The Balaban J connectivity index is 1.36. The van der Waals surface area contributed by atoms with Crippen LogP contribution in [0.15, 0.2) is 66.9 Å². The number of hydrogen-bond acceptors (Lipinski definition) is 6. The Morgan fingerprint density at radius 3 is 2.41 bits per heavy atom. The molecule has 0 spiro atoms. The van der Waals surface area contributed by atoms with Crippen LogP contribution < -0.4 is 16.0 Å². The Hall–Kier alpha value is -4.05. The predicted octanol–water partition coefficient (Wildman–Crippen LogP) is 2.56. The Labute approximate surface area is 240 Å². The largest absolute Gasteiger partial charge is 0.343 e. The fourth-order valence-electron chi connectivity index (χ4n) is 5.86. The molecule has 10 heteroatoms. The van der Waals surface area contributed by atoms with Crippen LogP contribution in [0.4, 0.5) is 0 Å². The van der Waals surface area contributed by atoms with Crippen LogP contribution in [0.1, 0.15) is 68.3 Å². The monoisotopic (exact) mass is 557 g/mol. The number of hydrogen-bond donors (Lipinski definition) is 3. The maximum Gasteiger partial charge on any atom is 0.246 e. The van der Waals surface area contributed by atoms with E-state index in [0.29, 0.717) is 25.1 Å². The van der Waals surface area contributed by atoms with Gasteiger partial charge in [0.1, 0.15) is 17.8 Å². The van der Waals surface area contributed by atoms with Crippen molar-refractivity contribution in [1.82, 2.24) is 35.8 Å². The van der Waals surface area contributed by atoms with Gasteiger partial charge in [0.2, 0.25) is 17.7 Å². The van der Waals surface area contributed by atoms with E-state index in [0.717, 1.165) is 36.8 Å². The van der Waals surface area contributed by atoms with Crippen molar-refractivity contribution in [2.45, 2.75) is 82.2 Å². The maximum absolute atomic E-state index is 13.9. The van der Waals surface area contributed by atoms with Crippen molar-refractivity contribution in [3.8, 4) is 0 Å². The van der Waals surface area contributed by atoms with Crippen LogP contribution in [0.5, 0.6) is 0 Å². The minimum atomic E-state index is -0.641. The molecule has 2 aliphatic rings. The number of fused-ring (bicyclic) bond motifs is 1. The standard InChI is InChI=1S/C31H39N7O3/c1-21(32-2)29(39)33-25-16-10-9-15-24-17-18-27(38(24)31(25)41)30(40)34-28(23-13-7-4-8-14-23)26-20-37(36-35-26)19-22-11-5-3-6-12-22/h3-8,11-14,20-21,24-25,27-28,32H,9-10,15-19H2,1-2H3,(H,33,39)(H,34,40)/t21-,24-,25-,27-,28-/m0/s1. The van der Waals surface area contributed by atoms with Gasteiger partial charge in [0.15, 0.2) is 0 Å². The normalized spacial score (nSPS) is 22.2. The maximum atomic E-state index is 13.9. The molecule has 3 amide bonds. The van der Waals surface area contributed by atoms with Gasteiger partial charge < -0.3 is 20.9 Å². The minimum Gasteiger partial charge on any atom is -0.343 e. The van der Waals surface area contributed by atoms with E-state index in [4.69, 9.17) is 0 Å². The number of rotatable bonds is 9. The highest BCUT2D eigenvalue weighted by atomic mass is 16.2. The number of benzene rings is 2. The summed E-state index contributed by atoms with van der Waals surface area (Å²) in [5.74, 6) is -0.610. The Morgan fingerprint density at radius 2 is 1.68 bits per heavy atom. The third-order valence-electron chi connectivity index (χ3n) is 8.24. The van der Waals surface area contributed by atoms with Gasteiger partial charge >= 0.3 is 0 Å². The molecule has 0 unspecified atom stereocenters. The lowest BCUT2D eigenvalue weighted by Gasteiger charge is -2.36. The first-order valence-corrected chi connectivity index (χ1v) is 14.5. The molecule has 2 aromatic carbocycles. The molecule has 5 atom stereocenters. The lowest BCUT2D eigenvalue weighted by molar-refractivity contribution is -0.144. The molecular weight excluding hydrogens is 518 g/mol. The molecule has 5 rings (SSSR count). The Bertz CT molecular complexity index is 1330. The third-order valence-corrected chi connectivity index (χ3v) is 8.24. The van der Waals surface area contributed by atoms with E-state index in [1.165, 1.54) is 0 Å². The van der Waals surface area contributed by atoms with Crippen molar-refractivity contribution in [2.24, 2.45) is 0 Å². The molecule has 0 saturated carbocycles. The summed E-state index contributed by atoms with van der Waals surface area (Å²) >= 11 is 0. The number of nitrogens with zero attached hydrogens (tertiary/aromatic N) is 4. The third kappa shape index (κ3) is 6.65. The molecular formula is C31H39N7O3. The van der Waals surface area contributed by atoms with Crippen LogP contribution in [0.2, 0.25) is 0 Å². The predicted molar refractivity (Wildman–Crippen MR) is 155 cm³/mol. The van der Waals surface area contributed by atoms with E-state index in [2.05, 4.69) is 26.3 Å². The van der Waals surface area contributed by atoms with Crippen molar-refractivity contribution in [1.29, 1.82) is 0 Å². The Morgan fingerprint density at radius 1 is 0.976 bits per heavy atom. The second-order valence-electron chi connectivity index (χ2n) is 11.0. The average Bonchev–Trinajstić information content (AvgIpc) is 3.63. The van der Waals surface area contributed by atoms with Gasteiger partial charge in [-0.05, 0) is 50.8 Å². The first-order chi connectivity index (χ1) is 19.9. The van der Waals surface area contributed by atoms with Gasteiger partial charge in [0.25, 0.3) is 0 Å². The van der Waals surface area contributed by atoms with Gasteiger partial charge in [-0.1, -0.05) is 78.7 Å². The van der Waals surface area contributed by atoms with E-state index in [1.54, 1.807) is 23.6 Å².